The molecule has 1 fully saturated rings. The summed E-state index contributed by atoms with van der Waals surface area (Å²) in [5.74, 6) is 2.40. The number of fused-ring (bicyclic) bond motifs is 1. The van der Waals surface area contributed by atoms with Crippen molar-refractivity contribution < 1.29 is 14.6 Å². The van der Waals surface area contributed by atoms with Gasteiger partial charge in [-0.25, -0.2) is 0 Å². The van der Waals surface area contributed by atoms with Crippen molar-refractivity contribution in [1.29, 1.82) is 0 Å². The van der Waals surface area contributed by atoms with Crippen molar-refractivity contribution >= 4 is 0 Å². The molecule has 0 aromatic heterocycles. The molecule has 1 saturated carbocycles. The average molecular weight is 263 g/mol. The van der Waals surface area contributed by atoms with Crippen LogP contribution < -0.4 is 14.8 Å². The zero-order chi connectivity index (χ0) is 13.2. The summed E-state index contributed by atoms with van der Waals surface area (Å²) in [6.07, 6.45) is 5.35. The maximum Gasteiger partial charge on any atom is 0.231 e. The number of rotatable bonds is 4. The fourth-order valence-corrected chi connectivity index (χ4v) is 3.01. The van der Waals surface area contributed by atoms with Gasteiger partial charge in [0, 0.05) is 24.2 Å². The molecule has 2 N–H and O–H groups in total. The molecule has 4 nitrogen and oxygen atoms in total. The van der Waals surface area contributed by atoms with Gasteiger partial charge in [-0.2, -0.15) is 0 Å². The van der Waals surface area contributed by atoms with Gasteiger partial charge in [0.25, 0.3) is 0 Å². The molecule has 0 bridgehead atoms. The first-order valence-electron chi connectivity index (χ1n) is 7.09. The number of nitrogens with one attached hydrogen (secondary N) is 1. The van der Waals surface area contributed by atoms with Crippen LogP contribution in [0.3, 0.4) is 0 Å². The standard InChI is InChI=1S/C15H21NO3/c1-10(11-4-2-3-5-11)16-8-12-6-14-15(7-13(12)17)19-9-18-14/h6-7,10-11,16-17H,2-5,8-9H2,1H3. The highest BCUT2D eigenvalue weighted by atomic mass is 16.7. The summed E-state index contributed by atoms with van der Waals surface area (Å²) in [5.41, 5.74) is 0.870. The first-order valence-corrected chi connectivity index (χ1v) is 7.09. The summed E-state index contributed by atoms with van der Waals surface area (Å²) in [7, 11) is 0. The Morgan fingerprint density at radius 1 is 1.26 bits per heavy atom. The molecule has 4 heteroatoms. The molecule has 1 unspecified atom stereocenters. The molecule has 19 heavy (non-hydrogen) atoms. The fraction of sp³-hybridized carbons (Fsp3) is 0.600. The molecular weight excluding hydrogens is 242 g/mol. The molecule has 1 heterocycles. The predicted molar refractivity (Wildman–Crippen MR) is 72.5 cm³/mol. The minimum atomic E-state index is 0.240. The van der Waals surface area contributed by atoms with Gasteiger partial charge >= 0.3 is 0 Å². The summed E-state index contributed by atoms with van der Waals surface area (Å²) in [6.45, 7) is 3.14. The third kappa shape index (κ3) is 2.63. The third-order valence-corrected chi connectivity index (χ3v) is 4.30. The van der Waals surface area contributed by atoms with Crippen LogP contribution in [0, 0.1) is 5.92 Å². The number of phenolic OH excluding ortho intramolecular Hbond substituents is 1. The highest BCUT2D eigenvalue weighted by Gasteiger charge is 2.22. The predicted octanol–water partition coefficient (Wildman–Crippen LogP) is 2.79. The van der Waals surface area contributed by atoms with E-state index < -0.39 is 0 Å². The van der Waals surface area contributed by atoms with Crippen molar-refractivity contribution in [1.82, 2.24) is 5.32 Å². The van der Waals surface area contributed by atoms with Gasteiger partial charge in [0.15, 0.2) is 11.5 Å². The van der Waals surface area contributed by atoms with Crippen molar-refractivity contribution in [3.8, 4) is 17.2 Å². The van der Waals surface area contributed by atoms with E-state index in [1.54, 1.807) is 6.07 Å². The number of hydrogen-bond donors (Lipinski definition) is 2. The van der Waals surface area contributed by atoms with E-state index in [4.69, 9.17) is 9.47 Å². The monoisotopic (exact) mass is 263 g/mol. The highest BCUT2D eigenvalue weighted by molar-refractivity contribution is 5.51. The number of aromatic hydroxyl groups is 1. The summed E-state index contributed by atoms with van der Waals surface area (Å²) in [5, 5.41) is 13.5. The van der Waals surface area contributed by atoms with Crippen molar-refractivity contribution in [3.05, 3.63) is 17.7 Å². The molecule has 0 saturated heterocycles. The lowest BCUT2D eigenvalue weighted by Gasteiger charge is -2.20. The molecule has 0 spiro atoms. The van der Waals surface area contributed by atoms with Crippen LogP contribution in [0.1, 0.15) is 38.2 Å². The van der Waals surface area contributed by atoms with Crippen molar-refractivity contribution in [2.45, 2.75) is 45.2 Å². The van der Waals surface area contributed by atoms with Crippen LogP contribution in [0.15, 0.2) is 12.1 Å². The lowest BCUT2D eigenvalue weighted by Crippen LogP contribution is -2.31. The van der Waals surface area contributed by atoms with E-state index in [1.165, 1.54) is 25.7 Å². The normalized spacial score (nSPS) is 19.8. The van der Waals surface area contributed by atoms with Gasteiger partial charge in [0.05, 0.1) is 0 Å². The Hall–Kier alpha value is -1.42. The zero-order valence-electron chi connectivity index (χ0n) is 11.3. The molecule has 1 aromatic carbocycles. The van der Waals surface area contributed by atoms with Gasteiger partial charge in [0.2, 0.25) is 6.79 Å². The Bertz CT molecular complexity index is 455. The van der Waals surface area contributed by atoms with E-state index in [2.05, 4.69) is 12.2 Å². The third-order valence-electron chi connectivity index (χ3n) is 4.30. The second-order valence-electron chi connectivity index (χ2n) is 5.55. The molecule has 1 atom stereocenters. The van der Waals surface area contributed by atoms with Crippen LogP contribution in [0.2, 0.25) is 0 Å². The maximum absolute atomic E-state index is 9.98. The molecule has 0 radical (unpaired) electrons. The Morgan fingerprint density at radius 2 is 1.95 bits per heavy atom. The van der Waals surface area contributed by atoms with Gasteiger partial charge in [-0.3, -0.25) is 0 Å². The van der Waals surface area contributed by atoms with Crippen LogP contribution >= 0.6 is 0 Å². The minimum absolute atomic E-state index is 0.240. The number of hydrogen-bond acceptors (Lipinski definition) is 4. The van der Waals surface area contributed by atoms with E-state index in [9.17, 15) is 5.11 Å². The van der Waals surface area contributed by atoms with Crippen molar-refractivity contribution in [2.75, 3.05) is 6.79 Å². The SMILES string of the molecule is CC(NCc1cc2c(cc1O)OCO2)C1CCCC1. The summed E-state index contributed by atoms with van der Waals surface area (Å²) < 4.78 is 10.6. The topological polar surface area (TPSA) is 50.7 Å². The second kappa shape index (κ2) is 5.29. The summed E-state index contributed by atoms with van der Waals surface area (Å²) >= 11 is 0. The Kier molecular flexibility index (Phi) is 3.51. The molecule has 1 aliphatic carbocycles. The van der Waals surface area contributed by atoms with Crippen LogP contribution in [-0.4, -0.2) is 17.9 Å². The van der Waals surface area contributed by atoms with Gasteiger partial charge < -0.3 is 19.9 Å². The van der Waals surface area contributed by atoms with Crippen LogP contribution in [-0.2, 0) is 6.54 Å². The van der Waals surface area contributed by atoms with Gasteiger partial charge in [-0.15, -0.1) is 0 Å². The van der Waals surface area contributed by atoms with E-state index in [0.29, 0.717) is 18.3 Å². The Morgan fingerprint density at radius 3 is 2.68 bits per heavy atom. The first kappa shape index (κ1) is 12.6. The van der Waals surface area contributed by atoms with Gasteiger partial charge in [-0.05, 0) is 31.7 Å². The van der Waals surface area contributed by atoms with Crippen molar-refractivity contribution in [3.63, 3.8) is 0 Å². The maximum atomic E-state index is 9.98. The zero-order valence-corrected chi connectivity index (χ0v) is 11.3. The van der Waals surface area contributed by atoms with Crippen LogP contribution in [0.4, 0.5) is 0 Å². The molecule has 104 valence electrons. The largest absolute Gasteiger partial charge is 0.507 e. The quantitative estimate of drug-likeness (QED) is 0.877. The molecule has 0 amide bonds. The smallest absolute Gasteiger partial charge is 0.231 e. The van der Waals surface area contributed by atoms with Gasteiger partial charge in [-0.1, -0.05) is 12.8 Å². The van der Waals surface area contributed by atoms with E-state index in [0.717, 1.165) is 17.2 Å². The van der Waals surface area contributed by atoms with Crippen LogP contribution in [0.25, 0.3) is 0 Å². The molecule has 2 aliphatic rings. The summed E-state index contributed by atoms with van der Waals surface area (Å²) in [6, 6.07) is 4.00. The molecule has 1 aromatic rings. The minimum Gasteiger partial charge on any atom is -0.507 e. The lowest BCUT2D eigenvalue weighted by atomic mass is 9.99. The lowest BCUT2D eigenvalue weighted by molar-refractivity contribution is 0.174. The van der Waals surface area contributed by atoms with Gasteiger partial charge in [0.1, 0.15) is 5.75 Å². The van der Waals surface area contributed by atoms with E-state index in [-0.39, 0.29) is 12.5 Å². The highest BCUT2D eigenvalue weighted by Crippen LogP contribution is 2.37. The number of phenols is 1. The number of ether oxygens (including phenoxy) is 2. The Balaban J connectivity index is 1.63. The fourth-order valence-electron chi connectivity index (χ4n) is 3.01. The average Bonchev–Trinajstić information content (AvgIpc) is 3.06. The Labute approximate surface area is 113 Å². The van der Waals surface area contributed by atoms with E-state index >= 15 is 0 Å². The molecule has 3 rings (SSSR count). The number of benzene rings is 1. The second-order valence-corrected chi connectivity index (χ2v) is 5.55. The molecule has 1 aliphatic heterocycles. The molecular formula is C15H21NO3. The van der Waals surface area contributed by atoms with Crippen LogP contribution in [0.5, 0.6) is 17.2 Å². The summed E-state index contributed by atoms with van der Waals surface area (Å²) in [4.78, 5) is 0. The van der Waals surface area contributed by atoms with Crippen molar-refractivity contribution in [2.24, 2.45) is 5.92 Å². The van der Waals surface area contributed by atoms with E-state index in [1.807, 2.05) is 6.07 Å². The first-order chi connectivity index (χ1) is 9.24.